The highest BCUT2D eigenvalue weighted by atomic mass is 16.6. The van der Waals surface area contributed by atoms with Gasteiger partial charge in [0, 0.05) is 0 Å². The maximum atomic E-state index is 13.8. The lowest BCUT2D eigenvalue weighted by atomic mass is 9.75. The van der Waals surface area contributed by atoms with Crippen LogP contribution in [0.25, 0.3) is 33.4 Å². The summed E-state index contributed by atoms with van der Waals surface area (Å²) in [6.07, 6.45) is 43.8. The molecule has 0 amide bonds. The average Bonchev–Trinajstić information content (AvgIpc) is 0.775. The second kappa shape index (κ2) is 68.2. The van der Waals surface area contributed by atoms with E-state index in [1.54, 1.807) is 146 Å². The summed E-state index contributed by atoms with van der Waals surface area (Å²) in [7, 11) is 0. The normalized spacial score (nSPS) is 13.9. The first-order chi connectivity index (χ1) is 71.8. The fraction of sp³-hybridized carbons (Fsp3) is 0.500. The minimum absolute atomic E-state index is 0.130. The Morgan fingerprint density at radius 1 is 0.204 bits per heavy atom. The van der Waals surface area contributed by atoms with E-state index in [0.717, 1.165) is 265 Å². The zero-order valence-electron chi connectivity index (χ0n) is 88.4. The van der Waals surface area contributed by atoms with Crippen LogP contribution in [-0.2, 0) is 42.8 Å². The second-order valence-corrected chi connectivity index (χ2v) is 39.6. The molecule has 0 aliphatic heterocycles. The highest BCUT2D eigenvalue weighted by Gasteiger charge is 2.41. The molecule has 21 heteroatoms. The molecule has 0 unspecified atom stereocenters. The van der Waals surface area contributed by atoms with E-state index >= 15 is 0 Å². The fourth-order valence-corrected chi connectivity index (χ4v) is 18.3. The summed E-state index contributed by atoms with van der Waals surface area (Å²) in [5.74, 6) is -2.00. The van der Waals surface area contributed by atoms with Crippen molar-refractivity contribution in [3.05, 3.63) is 252 Å². The molecule has 21 nitrogen and oxygen atoms in total. The Bertz CT molecular complexity index is 4760. The summed E-state index contributed by atoms with van der Waals surface area (Å²) in [6.45, 7) is 14.9. The summed E-state index contributed by atoms with van der Waals surface area (Å²) in [5.41, 5.74) is 8.32. The lowest BCUT2D eigenvalue weighted by Gasteiger charge is -2.31. The molecule has 792 valence electrons. The van der Waals surface area contributed by atoms with Crippen LogP contribution in [0.2, 0.25) is 0 Å². The quantitative estimate of drug-likeness (QED) is 0.0148. The van der Waals surface area contributed by atoms with Crippen LogP contribution in [0.4, 0.5) is 0 Å². The summed E-state index contributed by atoms with van der Waals surface area (Å²) < 4.78 is 69.7. The van der Waals surface area contributed by atoms with Gasteiger partial charge in [0.15, 0.2) is 0 Å². The molecule has 1 fully saturated rings. The Morgan fingerprint density at radius 2 is 0.374 bits per heavy atom. The zero-order valence-corrected chi connectivity index (χ0v) is 88.4. The van der Waals surface area contributed by atoms with Crippen LogP contribution in [-0.4, -0.2) is 112 Å². The number of carbonyl (C=O) groups excluding carboxylic acids is 9. The second-order valence-electron chi connectivity index (χ2n) is 39.6. The monoisotopic (exact) mass is 2010 g/mol. The molecule has 3 atom stereocenters. The highest BCUT2D eigenvalue weighted by molar-refractivity contribution is 5.94. The van der Waals surface area contributed by atoms with Crippen LogP contribution in [0.5, 0.6) is 34.5 Å². The number of unbranched alkanes of at least 4 members (excludes halogenated alkanes) is 33. The smallest absolute Gasteiger partial charge is 0.343 e. The molecule has 0 aromatic heterocycles. The van der Waals surface area contributed by atoms with Gasteiger partial charge in [-0.2, -0.15) is 0 Å². The van der Waals surface area contributed by atoms with E-state index in [4.69, 9.17) is 56.8 Å². The molecule has 1 saturated carbocycles. The third-order valence-electron chi connectivity index (χ3n) is 27.3. The summed E-state index contributed by atoms with van der Waals surface area (Å²) >= 11 is 0. The predicted molar refractivity (Wildman–Crippen MR) is 579 cm³/mol. The first-order valence-electron chi connectivity index (χ1n) is 55.4. The van der Waals surface area contributed by atoms with E-state index in [9.17, 15) is 43.2 Å². The first-order valence-corrected chi connectivity index (χ1v) is 55.4. The number of carbonyl (C=O) groups is 9. The van der Waals surface area contributed by atoms with Gasteiger partial charge >= 0.3 is 53.7 Å². The fourth-order valence-electron chi connectivity index (χ4n) is 18.3. The number of esters is 9. The zero-order chi connectivity index (χ0) is 104. The standard InChI is InChI=1S/C126H162O21/c1-7-10-13-37-46-94(4)142-121(130)103-55-49-97(50-56-103)100-61-79-115(80-62-100)145-124(133)106-67-73-112(74-68-106)136-85-40-31-25-19-16-22-28-34-43-88-139-118(127)109-91-110(119(128)140-89-44-35-29-23-17-20-26-32-41-86-137-113-75-69-107(70-76-113)125(134)146-116-81-63-101(64-82-116)98-51-57-104(58-52-98)122(131)143-95(5)47-38-14-11-8-2)93-111(92-109)120(129)141-90-45-36-30-24-18-21-27-33-42-87-138-114-77-71-108(72-78-114)126(135)147-117-83-65-102(66-84-117)99-53-59-105(60-54-99)123(132)144-96(6)48-39-15-12-9-3/h49-84,94-96,109-111H,7-48,85-93H2,1-6H3/t94-,95-,96-,109?,110?,111?/m0/s1. The topological polar surface area (TPSA) is 264 Å². The average molecular weight is 2010 g/mol. The van der Waals surface area contributed by atoms with Gasteiger partial charge in [-0.05, 0) is 296 Å². The van der Waals surface area contributed by atoms with E-state index in [1.807, 2.05) is 93.6 Å². The number of rotatable bonds is 72. The minimum Gasteiger partial charge on any atom is -0.494 e. The van der Waals surface area contributed by atoms with E-state index in [0.29, 0.717) is 87.7 Å². The van der Waals surface area contributed by atoms with Crippen molar-refractivity contribution in [3.63, 3.8) is 0 Å². The van der Waals surface area contributed by atoms with Crippen LogP contribution < -0.4 is 28.4 Å². The lowest BCUT2D eigenvalue weighted by Crippen LogP contribution is -2.37. The van der Waals surface area contributed by atoms with E-state index in [1.165, 1.54) is 38.5 Å². The van der Waals surface area contributed by atoms with Crippen molar-refractivity contribution in [2.75, 3.05) is 39.6 Å². The molecule has 0 heterocycles. The van der Waals surface area contributed by atoms with Crippen molar-refractivity contribution in [1.29, 1.82) is 0 Å². The van der Waals surface area contributed by atoms with Gasteiger partial charge in [-0.1, -0.05) is 286 Å². The summed E-state index contributed by atoms with van der Waals surface area (Å²) in [6, 6.07) is 64.8. The van der Waals surface area contributed by atoms with Crippen molar-refractivity contribution < 1.29 is 100.0 Å². The molecule has 1 aliphatic carbocycles. The number of hydrogen-bond acceptors (Lipinski definition) is 21. The van der Waals surface area contributed by atoms with Gasteiger partial charge in [-0.15, -0.1) is 0 Å². The Morgan fingerprint density at radius 3 is 0.585 bits per heavy atom. The maximum absolute atomic E-state index is 13.8. The molecule has 147 heavy (non-hydrogen) atoms. The largest absolute Gasteiger partial charge is 0.494 e. The van der Waals surface area contributed by atoms with E-state index < -0.39 is 35.7 Å². The summed E-state index contributed by atoms with van der Waals surface area (Å²) in [5, 5.41) is 0. The molecular formula is C126H162O21. The molecule has 1 aliphatic rings. The third kappa shape index (κ3) is 44.7. The van der Waals surface area contributed by atoms with Crippen molar-refractivity contribution in [1.82, 2.24) is 0 Å². The SMILES string of the molecule is CCCCCC[C@H](C)OC(=O)c1ccc(-c2ccc(OC(=O)c3ccc(OCCCCCCCCCCCOC(=O)C4CC(C(=O)OCCCCCCCCCCCOc5ccc(C(=O)Oc6ccc(-c7ccc(C(=O)O[C@@H](C)CCCCCC)cc7)cc6)cc5)CC(C(=O)OCCCCCCCCCCCOc5ccc(C(=O)Oc6ccc(-c7ccc(C(=O)O[C@@H](C)CCCCCC)cc7)cc6)cc5)C4)cc3)cc2)cc1. The molecule has 0 N–H and O–H groups in total. The van der Waals surface area contributed by atoms with Crippen molar-refractivity contribution in [2.45, 2.75) is 349 Å². The number of benzene rings is 9. The molecule has 0 saturated heterocycles. The Balaban J connectivity index is 0.561. The van der Waals surface area contributed by atoms with E-state index in [-0.39, 0.29) is 93.2 Å². The van der Waals surface area contributed by atoms with Crippen molar-refractivity contribution >= 4 is 53.7 Å². The number of hydrogen-bond donors (Lipinski definition) is 0. The Hall–Kier alpha value is -12.4. The first kappa shape index (κ1) is 117. The minimum atomic E-state index is -0.618. The molecule has 10 rings (SSSR count). The van der Waals surface area contributed by atoms with Crippen LogP contribution in [0.1, 0.15) is 393 Å². The van der Waals surface area contributed by atoms with Gasteiger partial charge in [0.2, 0.25) is 0 Å². The van der Waals surface area contributed by atoms with Crippen molar-refractivity contribution in [2.24, 2.45) is 17.8 Å². The van der Waals surface area contributed by atoms with Crippen LogP contribution in [0.3, 0.4) is 0 Å². The van der Waals surface area contributed by atoms with Crippen molar-refractivity contribution in [3.8, 4) is 67.9 Å². The van der Waals surface area contributed by atoms with Gasteiger partial charge in [0.25, 0.3) is 0 Å². The van der Waals surface area contributed by atoms with Gasteiger partial charge in [0.05, 0.1) is 109 Å². The molecular weight excluding hydrogens is 1850 g/mol. The summed E-state index contributed by atoms with van der Waals surface area (Å²) in [4.78, 5) is 119. The molecule has 0 bridgehead atoms. The van der Waals surface area contributed by atoms with Crippen LogP contribution in [0.15, 0.2) is 218 Å². The third-order valence-corrected chi connectivity index (χ3v) is 27.3. The van der Waals surface area contributed by atoms with Gasteiger partial charge < -0.3 is 56.8 Å². The number of ether oxygens (including phenoxy) is 12. The Kier molecular flexibility index (Phi) is 54.1. The predicted octanol–water partition coefficient (Wildman–Crippen LogP) is 31.6. The molecule has 9 aromatic carbocycles. The highest BCUT2D eigenvalue weighted by Crippen LogP contribution is 2.38. The lowest BCUT2D eigenvalue weighted by molar-refractivity contribution is -0.161. The van der Waals surface area contributed by atoms with Gasteiger partial charge in [-0.3, -0.25) is 14.4 Å². The van der Waals surface area contributed by atoms with Crippen LogP contribution >= 0.6 is 0 Å². The molecule has 0 radical (unpaired) electrons. The van der Waals surface area contributed by atoms with E-state index in [2.05, 4.69) is 20.8 Å². The van der Waals surface area contributed by atoms with Gasteiger partial charge in [-0.25, -0.2) is 28.8 Å². The molecule has 9 aromatic rings. The van der Waals surface area contributed by atoms with Gasteiger partial charge in [0.1, 0.15) is 34.5 Å². The van der Waals surface area contributed by atoms with Crippen LogP contribution in [0, 0.1) is 17.8 Å². The maximum Gasteiger partial charge on any atom is 0.343 e. The Labute approximate surface area is 874 Å². The molecule has 0 spiro atoms.